The molecule has 2 aliphatic heterocycles. The number of carbonyl (C=O) groups excluding carboxylic acids is 2. The highest BCUT2D eigenvalue weighted by Gasteiger charge is 2.55. The molecule has 0 aliphatic carbocycles. The van der Waals surface area contributed by atoms with E-state index in [-0.39, 0.29) is 38.6 Å². The van der Waals surface area contributed by atoms with Crippen molar-refractivity contribution in [1.29, 1.82) is 0 Å². The molecule has 0 spiro atoms. The fraction of sp³-hybridized carbons (Fsp3) is 0.364. The Kier molecular flexibility index (Phi) is 10.0. The lowest BCUT2D eigenvalue weighted by Gasteiger charge is -2.49. The van der Waals surface area contributed by atoms with E-state index in [1.165, 1.54) is 23.5 Å². The predicted octanol–water partition coefficient (Wildman–Crippen LogP) is 1.96. The molecule has 2 aliphatic rings. The summed E-state index contributed by atoms with van der Waals surface area (Å²) in [4.78, 5) is 64.3. The van der Waals surface area contributed by atoms with Gasteiger partial charge in [0.15, 0.2) is 11.1 Å². The second kappa shape index (κ2) is 13.3. The molecule has 41 heavy (non-hydrogen) atoms. The van der Waals surface area contributed by atoms with Crippen molar-refractivity contribution < 1.29 is 19.5 Å². The number of carboxylic acids is 1. The number of amides is 2. The quantitative estimate of drug-likeness (QED) is 0.0951. The Morgan fingerprint density at radius 3 is 2.78 bits per heavy atom. The van der Waals surface area contributed by atoms with E-state index in [2.05, 4.69) is 25.5 Å². The molecule has 0 saturated carbocycles. The Bertz CT molecular complexity index is 1430. The van der Waals surface area contributed by atoms with Crippen molar-refractivity contribution in [2.45, 2.75) is 41.1 Å². The summed E-state index contributed by atoms with van der Waals surface area (Å²) >= 11 is 11.0. The van der Waals surface area contributed by atoms with E-state index in [4.69, 9.17) is 28.8 Å². The molecule has 1 saturated heterocycles. The second-order valence-electron chi connectivity index (χ2n) is 8.70. The van der Waals surface area contributed by atoms with E-state index in [0.29, 0.717) is 16.4 Å². The summed E-state index contributed by atoms with van der Waals surface area (Å²) in [6.07, 6.45) is 3.32. The van der Waals surface area contributed by atoms with Gasteiger partial charge in [-0.1, -0.05) is 34.7 Å². The average molecular weight is 658 g/mol. The number of nitrogens with zero attached hydrogens (tertiary/aromatic N) is 5. The monoisotopic (exact) mass is 657 g/mol. The predicted molar refractivity (Wildman–Crippen MR) is 161 cm³/mol. The first kappa shape index (κ1) is 30.9. The van der Waals surface area contributed by atoms with Crippen LogP contribution in [-0.2, 0) is 20.1 Å². The number of pyridine rings is 1. The molecule has 2 aromatic heterocycles. The third-order valence-electron chi connectivity index (χ3n) is 5.75. The van der Waals surface area contributed by atoms with Crippen LogP contribution in [0.2, 0.25) is 4.34 Å². The number of nitrogens with one attached hydrogen (secondary N) is 1. The van der Waals surface area contributed by atoms with E-state index in [0.717, 1.165) is 26.7 Å². The maximum atomic E-state index is 13.1. The van der Waals surface area contributed by atoms with Crippen LogP contribution in [0.25, 0.3) is 0 Å². The molecule has 2 aromatic rings. The standard InChI is InChI=1S/C22H24ClN9O5S4/c1-8(28-21(24)25)5-38-6-9-4-27-3-2-10(9)40-11-7-39-19-14(18(34)32(19)15(11)20(35)36)29-17(33)13(31-37)12-16(23)41-22(26)30-12/h2-4,8,13-14,19H,5-7H2,1H3,(H2,26,30)(H,29,33)(H,35,36)(H4,24,25,28)/t8?,13?,14-,19+/m1/s1. The minimum Gasteiger partial charge on any atom is -0.477 e. The summed E-state index contributed by atoms with van der Waals surface area (Å²) in [6.45, 7) is 1.89. The number of halogens is 1. The lowest BCUT2D eigenvalue weighted by Crippen LogP contribution is -2.70. The van der Waals surface area contributed by atoms with Crippen LogP contribution < -0.4 is 22.5 Å². The summed E-state index contributed by atoms with van der Waals surface area (Å²) in [5.41, 5.74) is 17.1. The zero-order valence-electron chi connectivity index (χ0n) is 21.2. The van der Waals surface area contributed by atoms with Crippen LogP contribution >= 0.6 is 58.2 Å². The number of fused-ring (bicyclic) bond motifs is 1. The smallest absolute Gasteiger partial charge is 0.353 e. The number of guanidine groups is 1. The fourth-order valence-electron chi connectivity index (χ4n) is 4.01. The SMILES string of the molecule is CC(CSCc1cnccc1SC1=C(C(=O)O)N2C(=O)[C@@H](NC(=O)C(N=O)c3nc(N)sc3Cl)[C@@H]2SC1)N=C(N)N. The van der Waals surface area contributed by atoms with Gasteiger partial charge in [-0.25, -0.2) is 14.8 Å². The second-order valence-corrected chi connectivity index (χ2v) is 13.6. The Labute approximate surface area is 255 Å². The fourth-order valence-corrected chi connectivity index (χ4v) is 8.62. The molecule has 2 unspecified atom stereocenters. The van der Waals surface area contributed by atoms with Crippen LogP contribution in [0.15, 0.2) is 44.1 Å². The molecule has 1 fully saturated rings. The van der Waals surface area contributed by atoms with Crippen molar-refractivity contribution in [2.75, 3.05) is 17.2 Å². The molecule has 0 radical (unpaired) electrons. The van der Waals surface area contributed by atoms with Crippen molar-refractivity contribution in [2.24, 2.45) is 21.6 Å². The van der Waals surface area contributed by atoms with Gasteiger partial charge < -0.3 is 27.6 Å². The number of aliphatic carboxylic acids is 1. The highest BCUT2D eigenvalue weighted by molar-refractivity contribution is 8.06. The molecular weight excluding hydrogens is 634 g/mol. The number of rotatable bonds is 12. The first-order valence-corrected chi connectivity index (χ1v) is 16.0. The van der Waals surface area contributed by atoms with Gasteiger partial charge in [-0.2, -0.15) is 11.8 Å². The number of hydrogen-bond acceptors (Lipinski definition) is 13. The zero-order chi connectivity index (χ0) is 29.8. The van der Waals surface area contributed by atoms with E-state index in [1.807, 2.05) is 6.92 Å². The van der Waals surface area contributed by atoms with E-state index in [9.17, 15) is 24.4 Å². The van der Waals surface area contributed by atoms with Crippen LogP contribution in [-0.4, -0.2) is 72.7 Å². The van der Waals surface area contributed by atoms with Gasteiger partial charge in [-0.05, 0) is 23.7 Å². The minimum absolute atomic E-state index is 0.0218. The molecular formula is C22H24ClN9O5S4. The summed E-state index contributed by atoms with van der Waals surface area (Å²) in [7, 11) is 0. The molecule has 4 heterocycles. The maximum absolute atomic E-state index is 13.1. The molecule has 218 valence electrons. The summed E-state index contributed by atoms with van der Waals surface area (Å²) in [5.74, 6) is -1.25. The van der Waals surface area contributed by atoms with Gasteiger partial charge in [0.25, 0.3) is 11.8 Å². The highest BCUT2D eigenvalue weighted by atomic mass is 35.5. The lowest BCUT2D eigenvalue weighted by molar-refractivity contribution is -0.150. The van der Waals surface area contributed by atoms with Gasteiger partial charge in [-0.15, -0.1) is 16.7 Å². The van der Waals surface area contributed by atoms with Crippen LogP contribution in [0, 0.1) is 4.91 Å². The molecule has 4 atom stereocenters. The number of β-lactam (4-membered cyclic amide) rings is 1. The molecule has 8 N–H and O–H groups in total. The normalized spacial score (nSPS) is 19.6. The largest absolute Gasteiger partial charge is 0.477 e. The van der Waals surface area contributed by atoms with Crippen molar-refractivity contribution in [3.63, 3.8) is 0 Å². The minimum atomic E-state index is -1.61. The Hall–Kier alpha value is -3.06. The molecule has 2 amide bonds. The topological polar surface area (TPSA) is 232 Å². The lowest BCUT2D eigenvalue weighted by atomic mass is 10.0. The third-order valence-corrected chi connectivity index (χ3v) is 10.8. The van der Waals surface area contributed by atoms with Gasteiger partial charge in [0, 0.05) is 39.5 Å². The highest BCUT2D eigenvalue weighted by Crippen LogP contribution is 2.46. The van der Waals surface area contributed by atoms with Crippen molar-refractivity contribution in [3.05, 3.63) is 49.6 Å². The number of hydrogen-bond donors (Lipinski definition) is 5. The van der Waals surface area contributed by atoms with Crippen molar-refractivity contribution in [3.8, 4) is 0 Å². The molecule has 14 nitrogen and oxygen atoms in total. The first-order chi connectivity index (χ1) is 19.5. The molecule has 4 rings (SSSR count). The van der Waals surface area contributed by atoms with Crippen LogP contribution in [0.4, 0.5) is 5.13 Å². The van der Waals surface area contributed by atoms with E-state index >= 15 is 0 Å². The van der Waals surface area contributed by atoms with Crippen molar-refractivity contribution >= 4 is 87.1 Å². The summed E-state index contributed by atoms with van der Waals surface area (Å²) in [5, 5.41) is 14.7. The van der Waals surface area contributed by atoms with Crippen molar-refractivity contribution in [1.82, 2.24) is 20.2 Å². The number of carboxylic acid groups (broad SMARTS) is 1. The third kappa shape index (κ3) is 6.88. The van der Waals surface area contributed by atoms with Gasteiger partial charge in [-0.3, -0.25) is 19.5 Å². The summed E-state index contributed by atoms with van der Waals surface area (Å²) < 4.78 is 0.0331. The Morgan fingerprint density at radius 2 is 2.15 bits per heavy atom. The van der Waals surface area contributed by atoms with Gasteiger partial charge in [0.05, 0.1) is 6.04 Å². The molecule has 0 bridgehead atoms. The number of aromatic nitrogens is 2. The average Bonchev–Trinajstić information content (AvgIpc) is 3.24. The number of nitroso groups, excluding NO2 is 1. The van der Waals surface area contributed by atoms with E-state index in [1.54, 1.807) is 30.2 Å². The number of aliphatic imine (C=N–C) groups is 1. The van der Waals surface area contributed by atoms with Gasteiger partial charge in [0.1, 0.15) is 27.1 Å². The molecule has 0 aromatic carbocycles. The van der Waals surface area contributed by atoms with Gasteiger partial charge >= 0.3 is 5.97 Å². The van der Waals surface area contributed by atoms with Gasteiger partial charge in [0.2, 0.25) is 6.04 Å². The van der Waals surface area contributed by atoms with Crippen LogP contribution in [0.1, 0.15) is 24.2 Å². The molecule has 19 heteroatoms. The Balaban J connectivity index is 1.48. The number of carbonyl (C=O) groups is 3. The number of nitrogen functional groups attached to an aromatic ring is 1. The number of thioether (sulfide) groups is 3. The summed E-state index contributed by atoms with van der Waals surface area (Å²) in [6, 6.07) is -0.969. The first-order valence-electron chi connectivity index (χ1n) is 11.7. The van der Waals surface area contributed by atoms with E-state index < -0.39 is 35.2 Å². The number of anilines is 1. The van der Waals surface area contributed by atoms with Crippen LogP contribution in [0.5, 0.6) is 0 Å². The van der Waals surface area contributed by atoms with Crippen LogP contribution in [0.3, 0.4) is 0 Å². The zero-order valence-corrected chi connectivity index (χ0v) is 25.2. The number of nitrogens with two attached hydrogens (primary N) is 3. The Morgan fingerprint density at radius 1 is 1.39 bits per heavy atom. The maximum Gasteiger partial charge on any atom is 0.353 e. The number of thiazole rings is 1.